The van der Waals surface area contributed by atoms with Crippen LogP contribution in [0.5, 0.6) is 11.5 Å². The molecule has 7 nitrogen and oxygen atoms in total. The maximum absolute atomic E-state index is 12.6. The van der Waals surface area contributed by atoms with Crippen LogP contribution in [0.4, 0.5) is 0 Å². The van der Waals surface area contributed by atoms with Gasteiger partial charge in [0, 0.05) is 0 Å². The Morgan fingerprint density at radius 1 is 1.18 bits per heavy atom. The molecule has 0 unspecified atom stereocenters. The van der Waals surface area contributed by atoms with Crippen molar-refractivity contribution in [3.8, 4) is 11.5 Å². The van der Waals surface area contributed by atoms with Crippen LogP contribution in [-0.2, 0) is 11.3 Å². The van der Waals surface area contributed by atoms with Crippen LogP contribution in [0.1, 0.15) is 24.1 Å². The van der Waals surface area contributed by atoms with Crippen molar-refractivity contribution < 1.29 is 14.3 Å². The first-order chi connectivity index (χ1) is 13.5. The third kappa shape index (κ3) is 3.55. The van der Waals surface area contributed by atoms with Crippen LogP contribution < -0.4 is 20.3 Å². The van der Waals surface area contributed by atoms with Crippen molar-refractivity contribution in [1.82, 2.24) is 14.9 Å². The van der Waals surface area contributed by atoms with Gasteiger partial charge in [-0.05, 0) is 43.7 Å². The van der Waals surface area contributed by atoms with Gasteiger partial charge in [0.25, 0.3) is 5.56 Å². The quantitative estimate of drug-likeness (QED) is 0.752. The molecular formula is C21H21N3O4. The van der Waals surface area contributed by atoms with Gasteiger partial charge in [0.2, 0.25) is 5.91 Å². The van der Waals surface area contributed by atoms with Crippen molar-refractivity contribution in [1.29, 1.82) is 0 Å². The Morgan fingerprint density at radius 2 is 1.96 bits per heavy atom. The first-order valence-corrected chi connectivity index (χ1v) is 9.16. The molecule has 1 amide bonds. The Labute approximate surface area is 161 Å². The summed E-state index contributed by atoms with van der Waals surface area (Å²) in [5.74, 6) is 1.12. The number of aromatic nitrogens is 2. The molecule has 0 fully saturated rings. The highest BCUT2D eigenvalue weighted by Gasteiger charge is 2.16. The fraction of sp³-hybridized carbons (Fsp3) is 0.286. The normalized spacial score (nSPS) is 13.9. The van der Waals surface area contributed by atoms with Gasteiger partial charge in [-0.25, -0.2) is 4.98 Å². The van der Waals surface area contributed by atoms with Gasteiger partial charge < -0.3 is 14.8 Å². The van der Waals surface area contributed by atoms with Crippen LogP contribution in [0.15, 0.2) is 47.5 Å². The molecule has 3 aromatic rings. The molecule has 4 rings (SSSR count). The third-order valence-electron chi connectivity index (χ3n) is 4.74. The Hall–Kier alpha value is -3.35. The van der Waals surface area contributed by atoms with Crippen LogP contribution in [0.3, 0.4) is 0 Å². The molecule has 0 aliphatic carbocycles. The predicted molar refractivity (Wildman–Crippen MR) is 105 cm³/mol. The number of nitrogens with zero attached hydrogens (tertiary/aromatic N) is 2. The number of hydrogen-bond acceptors (Lipinski definition) is 5. The summed E-state index contributed by atoms with van der Waals surface area (Å²) in [5, 5.41) is 3.42. The zero-order valence-corrected chi connectivity index (χ0v) is 15.8. The summed E-state index contributed by atoms with van der Waals surface area (Å²) in [6.45, 7) is 4.75. The van der Waals surface area contributed by atoms with E-state index in [0.717, 1.165) is 11.1 Å². The maximum atomic E-state index is 12.6. The van der Waals surface area contributed by atoms with E-state index < -0.39 is 0 Å². The number of carbonyl (C=O) groups is 1. The van der Waals surface area contributed by atoms with E-state index in [4.69, 9.17) is 9.47 Å². The second-order valence-electron chi connectivity index (χ2n) is 6.89. The molecule has 1 atom stereocenters. The summed E-state index contributed by atoms with van der Waals surface area (Å²) in [4.78, 5) is 29.4. The van der Waals surface area contributed by atoms with Crippen molar-refractivity contribution in [3.05, 3.63) is 64.2 Å². The van der Waals surface area contributed by atoms with E-state index >= 15 is 0 Å². The highest BCUT2D eigenvalue weighted by atomic mass is 16.6. The number of ether oxygens (including phenoxy) is 2. The maximum Gasteiger partial charge on any atom is 0.261 e. The van der Waals surface area contributed by atoms with Crippen molar-refractivity contribution in [2.45, 2.75) is 26.4 Å². The van der Waals surface area contributed by atoms with Gasteiger partial charge in [-0.15, -0.1) is 0 Å². The summed E-state index contributed by atoms with van der Waals surface area (Å²) in [5.41, 5.74) is 2.27. The van der Waals surface area contributed by atoms with E-state index in [1.165, 1.54) is 10.9 Å². The molecule has 1 aliphatic heterocycles. The van der Waals surface area contributed by atoms with Crippen LogP contribution in [0.25, 0.3) is 10.9 Å². The standard InChI is InChI=1S/C21H21N3O4/c1-13-3-5-17-16(9-13)21(26)24(12-22-17)11-20(25)23-14(2)15-4-6-18-19(10-15)28-8-7-27-18/h3-6,9-10,12,14H,7-8,11H2,1-2H3,(H,23,25)/t14-/m1/s1. The lowest BCUT2D eigenvalue weighted by Gasteiger charge is -2.21. The highest BCUT2D eigenvalue weighted by molar-refractivity contribution is 5.79. The number of aryl methyl sites for hydroxylation is 1. The molecule has 0 saturated heterocycles. The van der Waals surface area contributed by atoms with Crippen LogP contribution in [0, 0.1) is 6.92 Å². The van der Waals surface area contributed by atoms with Gasteiger partial charge in [-0.2, -0.15) is 0 Å². The molecule has 1 aromatic heterocycles. The monoisotopic (exact) mass is 379 g/mol. The number of fused-ring (bicyclic) bond motifs is 2. The highest BCUT2D eigenvalue weighted by Crippen LogP contribution is 2.32. The molecule has 144 valence electrons. The number of carbonyl (C=O) groups excluding carboxylic acids is 1. The summed E-state index contributed by atoms with van der Waals surface area (Å²) in [7, 11) is 0. The van der Waals surface area contributed by atoms with E-state index in [1.807, 2.05) is 38.1 Å². The topological polar surface area (TPSA) is 82.5 Å². The minimum Gasteiger partial charge on any atom is -0.486 e. The van der Waals surface area contributed by atoms with E-state index in [-0.39, 0.29) is 24.1 Å². The average molecular weight is 379 g/mol. The molecule has 0 spiro atoms. The number of nitrogens with one attached hydrogen (secondary N) is 1. The summed E-state index contributed by atoms with van der Waals surface area (Å²) >= 11 is 0. The first kappa shape index (κ1) is 18.0. The van der Waals surface area contributed by atoms with Gasteiger partial charge in [0.15, 0.2) is 11.5 Å². The predicted octanol–water partition coefficient (Wildman–Crippen LogP) is 2.35. The van der Waals surface area contributed by atoms with Gasteiger partial charge in [-0.3, -0.25) is 14.2 Å². The average Bonchev–Trinajstić information content (AvgIpc) is 2.70. The van der Waals surface area contributed by atoms with Crippen LogP contribution in [0.2, 0.25) is 0 Å². The van der Waals surface area contributed by atoms with Crippen molar-refractivity contribution in [2.24, 2.45) is 0 Å². The van der Waals surface area contributed by atoms with Gasteiger partial charge in [0.05, 0.1) is 23.3 Å². The molecule has 7 heteroatoms. The zero-order chi connectivity index (χ0) is 19.7. The van der Waals surface area contributed by atoms with Crippen LogP contribution >= 0.6 is 0 Å². The van der Waals surface area contributed by atoms with Gasteiger partial charge in [-0.1, -0.05) is 17.7 Å². The Morgan fingerprint density at radius 3 is 2.79 bits per heavy atom. The van der Waals surface area contributed by atoms with Crippen LogP contribution in [-0.4, -0.2) is 28.7 Å². The minimum absolute atomic E-state index is 0.0927. The largest absolute Gasteiger partial charge is 0.486 e. The van der Waals surface area contributed by atoms with E-state index in [2.05, 4.69) is 10.3 Å². The number of rotatable bonds is 4. The summed E-state index contributed by atoms with van der Waals surface area (Å²) in [6, 6.07) is 10.9. The molecule has 1 aliphatic rings. The Balaban J connectivity index is 1.49. The third-order valence-corrected chi connectivity index (χ3v) is 4.74. The fourth-order valence-corrected chi connectivity index (χ4v) is 3.24. The lowest BCUT2D eigenvalue weighted by Crippen LogP contribution is -2.34. The van der Waals surface area contributed by atoms with Crippen molar-refractivity contribution in [2.75, 3.05) is 13.2 Å². The molecule has 1 N–H and O–H groups in total. The first-order valence-electron chi connectivity index (χ1n) is 9.16. The molecule has 2 aromatic carbocycles. The van der Waals surface area contributed by atoms with E-state index in [0.29, 0.717) is 35.6 Å². The Kier molecular flexibility index (Phi) is 4.73. The minimum atomic E-state index is -0.265. The molecule has 0 radical (unpaired) electrons. The van der Waals surface area contributed by atoms with Crippen molar-refractivity contribution >= 4 is 16.8 Å². The molecular weight excluding hydrogens is 358 g/mol. The number of hydrogen-bond donors (Lipinski definition) is 1. The molecule has 2 heterocycles. The van der Waals surface area contributed by atoms with Gasteiger partial charge in [0.1, 0.15) is 19.8 Å². The fourth-order valence-electron chi connectivity index (χ4n) is 3.24. The molecule has 0 saturated carbocycles. The Bertz CT molecular complexity index is 1110. The molecule has 28 heavy (non-hydrogen) atoms. The zero-order valence-electron chi connectivity index (χ0n) is 15.8. The smallest absolute Gasteiger partial charge is 0.261 e. The second-order valence-corrected chi connectivity index (χ2v) is 6.89. The second kappa shape index (κ2) is 7.34. The SMILES string of the molecule is Cc1ccc2ncn(CC(=O)N[C@H](C)c3ccc4c(c3)OCCO4)c(=O)c2c1. The molecule has 0 bridgehead atoms. The number of amides is 1. The summed E-state index contributed by atoms with van der Waals surface area (Å²) in [6.07, 6.45) is 1.41. The van der Waals surface area contributed by atoms with Crippen molar-refractivity contribution in [3.63, 3.8) is 0 Å². The van der Waals surface area contributed by atoms with Gasteiger partial charge >= 0.3 is 0 Å². The van der Waals surface area contributed by atoms with E-state index in [9.17, 15) is 9.59 Å². The summed E-state index contributed by atoms with van der Waals surface area (Å²) < 4.78 is 12.4. The van der Waals surface area contributed by atoms with E-state index in [1.54, 1.807) is 12.1 Å². The lowest BCUT2D eigenvalue weighted by atomic mass is 10.1. The number of benzene rings is 2. The lowest BCUT2D eigenvalue weighted by molar-refractivity contribution is -0.122.